The van der Waals surface area contributed by atoms with Gasteiger partial charge < -0.3 is 25.1 Å². The average molecular weight is 339 g/mol. The number of aromatic nitrogens is 2. The minimum absolute atomic E-state index is 0.00653. The van der Waals surface area contributed by atoms with Gasteiger partial charge in [-0.1, -0.05) is 6.07 Å². The van der Waals surface area contributed by atoms with Gasteiger partial charge in [-0.05, 0) is 24.3 Å². The van der Waals surface area contributed by atoms with Crippen molar-refractivity contribution in [2.24, 2.45) is 0 Å². The molecular weight excluding hydrogens is 322 g/mol. The number of methoxy groups -OCH3 is 2. The van der Waals surface area contributed by atoms with Crippen molar-refractivity contribution >= 4 is 5.95 Å². The first-order chi connectivity index (χ1) is 12.1. The van der Waals surface area contributed by atoms with Crippen molar-refractivity contribution in [2.75, 3.05) is 20.0 Å². The lowest BCUT2D eigenvalue weighted by Crippen LogP contribution is -1.99. The summed E-state index contributed by atoms with van der Waals surface area (Å²) >= 11 is 0. The zero-order chi connectivity index (χ0) is 17.8. The molecule has 2 aromatic carbocycles. The lowest BCUT2D eigenvalue weighted by molar-refractivity contribution is 0.407. The Hall–Kier alpha value is -3.48. The fraction of sp³-hybridized carbons (Fsp3) is 0.111. The van der Waals surface area contributed by atoms with Crippen LogP contribution in [-0.2, 0) is 0 Å². The monoisotopic (exact) mass is 339 g/mol. The molecule has 25 heavy (non-hydrogen) atoms. The molecule has 0 fully saturated rings. The number of phenolic OH excluding ortho intramolecular Hbond substituents is 1. The minimum Gasteiger partial charge on any atom is -0.507 e. The molecule has 0 saturated heterocycles. The maximum Gasteiger partial charge on any atom is 0.220 e. The Balaban J connectivity index is 2.04. The largest absolute Gasteiger partial charge is 0.507 e. The van der Waals surface area contributed by atoms with Crippen molar-refractivity contribution in [2.45, 2.75) is 0 Å². The molecule has 0 bridgehead atoms. The van der Waals surface area contributed by atoms with E-state index >= 15 is 0 Å². The van der Waals surface area contributed by atoms with Crippen LogP contribution in [0.1, 0.15) is 0 Å². The average Bonchev–Trinajstić information content (AvgIpc) is 2.63. The summed E-state index contributed by atoms with van der Waals surface area (Å²) in [5.41, 5.74) is 6.53. The van der Waals surface area contributed by atoms with Crippen molar-refractivity contribution in [1.29, 1.82) is 0 Å². The highest BCUT2D eigenvalue weighted by Crippen LogP contribution is 2.38. The normalized spacial score (nSPS) is 10.3. The SMILES string of the molecule is COc1cccc(Oc2cnc(N)nc2-c2ccc(OC)cc2O)c1. The summed E-state index contributed by atoms with van der Waals surface area (Å²) in [4.78, 5) is 8.18. The number of anilines is 1. The lowest BCUT2D eigenvalue weighted by Gasteiger charge is -2.13. The van der Waals surface area contributed by atoms with Crippen LogP contribution >= 0.6 is 0 Å². The van der Waals surface area contributed by atoms with Crippen molar-refractivity contribution in [1.82, 2.24) is 9.97 Å². The molecule has 1 heterocycles. The summed E-state index contributed by atoms with van der Waals surface area (Å²) in [6.07, 6.45) is 1.46. The van der Waals surface area contributed by atoms with Gasteiger partial charge in [0.1, 0.15) is 28.7 Å². The van der Waals surface area contributed by atoms with E-state index in [9.17, 15) is 5.11 Å². The van der Waals surface area contributed by atoms with Gasteiger partial charge in [0.15, 0.2) is 5.75 Å². The maximum atomic E-state index is 10.3. The van der Waals surface area contributed by atoms with Gasteiger partial charge in [-0.2, -0.15) is 0 Å². The van der Waals surface area contributed by atoms with E-state index in [0.717, 1.165) is 0 Å². The van der Waals surface area contributed by atoms with Crippen LogP contribution in [0.2, 0.25) is 0 Å². The number of phenols is 1. The number of hydrogen-bond acceptors (Lipinski definition) is 7. The molecule has 0 amide bonds. The number of rotatable bonds is 5. The number of nitrogens with two attached hydrogens (primary N) is 1. The quantitative estimate of drug-likeness (QED) is 0.736. The van der Waals surface area contributed by atoms with Gasteiger partial charge in [-0.15, -0.1) is 0 Å². The molecule has 3 aromatic rings. The molecule has 0 spiro atoms. The molecule has 0 saturated carbocycles. The van der Waals surface area contributed by atoms with E-state index in [2.05, 4.69) is 9.97 Å². The van der Waals surface area contributed by atoms with E-state index < -0.39 is 0 Å². The van der Waals surface area contributed by atoms with Crippen LogP contribution in [-0.4, -0.2) is 29.3 Å². The Morgan fingerprint density at radius 1 is 0.960 bits per heavy atom. The van der Waals surface area contributed by atoms with E-state index in [1.807, 2.05) is 6.07 Å². The Morgan fingerprint density at radius 2 is 1.68 bits per heavy atom. The third-order valence-electron chi connectivity index (χ3n) is 3.50. The van der Waals surface area contributed by atoms with Crippen LogP contribution in [0.15, 0.2) is 48.7 Å². The molecule has 0 unspecified atom stereocenters. The van der Waals surface area contributed by atoms with E-state index in [1.54, 1.807) is 37.4 Å². The Kier molecular flexibility index (Phi) is 4.56. The summed E-state index contributed by atoms with van der Waals surface area (Å²) in [5.74, 6) is 2.14. The Morgan fingerprint density at radius 3 is 2.40 bits per heavy atom. The zero-order valence-corrected chi connectivity index (χ0v) is 13.8. The van der Waals surface area contributed by atoms with E-state index in [1.165, 1.54) is 19.4 Å². The summed E-state index contributed by atoms with van der Waals surface area (Å²) in [6.45, 7) is 0. The van der Waals surface area contributed by atoms with Crippen molar-refractivity contribution in [3.05, 3.63) is 48.7 Å². The molecule has 3 N–H and O–H groups in total. The standard InChI is InChI=1S/C18H17N3O4/c1-23-11-4-3-5-13(8-11)25-16-10-20-18(19)21-17(16)14-7-6-12(24-2)9-15(14)22/h3-10,22H,1-2H3,(H2,19,20,21). The third kappa shape index (κ3) is 3.55. The van der Waals surface area contributed by atoms with E-state index in [-0.39, 0.29) is 11.7 Å². The predicted octanol–water partition coefficient (Wildman–Crippen LogP) is 3.24. The van der Waals surface area contributed by atoms with E-state index in [0.29, 0.717) is 34.3 Å². The molecule has 7 nitrogen and oxygen atoms in total. The van der Waals surface area contributed by atoms with Gasteiger partial charge in [0, 0.05) is 17.7 Å². The van der Waals surface area contributed by atoms with Crippen LogP contribution < -0.4 is 19.9 Å². The van der Waals surface area contributed by atoms with Crippen molar-refractivity contribution < 1.29 is 19.3 Å². The van der Waals surface area contributed by atoms with Crippen LogP contribution in [0.3, 0.4) is 0 Å². The first-order valence-corrected chi connectivity index (χ1v) is 7.42. The van der Waals surface area contributed by atoms with Gasteiger partial charge in [0.25, 0.3) is 0 Å². The Labute approximate surface area is 144 Å². The van der Waals surface area contributed by atoms with Gasteiger partial charge in [0.05, 0.1) is 20.4 Å². The highest BCUT2D eigenvalue weighted by molar-refractivity contribution is 5.73. The molecule has 7 heteroatoms. The number of ether oxygens (including phenoxy) is 3. The van der Waals surface area contributed by atoms with E-state index in [4.69, 9.17) is 19.9 Å². The molecule has 0 atom stereocenters. The van der Waals surface area contributed by atoms with Crippen LogP contribution in [0.4, 0.5) is 5.95 Å². The zero-order valence-electron chi connectivity index (χ0n) is 13.8. The second-order valence-corrected chi connectivity index (χ2v) is 5.11. The molecule has 0 radical (unpaired) electrons. The third-order valence-corrected chi connectivity index (χ3v) is 3.50. The van der Waals surface area contributed by atoms with Crippen LogP contribution in [0, 0.1) is 0 Å². The number of nitrogens with zero attached hydrogens (tertiary/aromatic N) is 2. The van der Waals surface area contributed by atoms with Gasteiger partial charge in [-0.25, -0.2) is 9.97 Å². The highest BCUT2D eigenvalue weighted by atomic mass is 16.5. The number of benzene rings is 2. The molecule has 0 aliphatic rings. The fourth-order valence-electron chi connectivity index (χ4n) is 2.28. The van der Waals surface area contributed by atoms with Gasteiger partial charge >= 0.3 is 0 Å². The second kappa shape index (κ2) is 6.96. The molecule has 3 rings (SSSR count). The number of nitrogen functional groups attached to an aromatic ring is 1. The second-order valence-electron chi connectivity index (χ2n) is 5.11. The molecule has 1 aromatic heterocycles. The molecule has 0 aliphatic carbocycles. The Bertz CT molecular complexity index is 899. The summed E-state index contributed by atoms with van der Waals surface area (Å²) in [5, 5.41) is 10.3. The predicted molar refractivity (Wildman–Crippen MR) is 93.2 cm³/mol. The summed E-state index contributed by atoms with van der Waals surface area (Å²) in [7, 11) is 3.10. The van der Waals surface area contributed by atoms with Crippen LogP contribution in [0.5, 0.6) is 28.7 Å². The number of aromatic hydroxyl groups is 1. The molecule has 128 valence electrons. The highest BCUT2D eigenvalue weighted by Gasteiger charge is 2.15. The molecule has 0 aliphatic heterocycles. The van der Waals surface area contributed by atoms with Gasteiger partial charge in [0.2, 0.25) is 5.95 Å². The fourth-order valence-corrected chi connectivity index (χ4v) is 2.28. The first kappa shape index (κ1) is 16.4. The summed E-state index contributed by atoms with van der Waals surface area (Å²) in [6, 6.07) is 12.0. The van der Waals surface area contributed by atoms with Gasteiger partial charge in [-0.3, -0.25) is 0 Å². The van der Waals surface area contributed by atoms with Crippen molar-refractivity contribution in [3.63, 3.8) is 0 Å². The first-order valence-electron chi connectivity index (χ1n) is 7.42. The summed E-state index contributed by atoms with van der Waals surface area (Å²) < 4.78 is 16.2. The molecular formula is C18H17N3O4. The lowest BCUT2D eigenvalue weighted by atomic mass is 10.1. The number of hydrogen-bond donors (Lipinski definition) is 2. The van der Waals surface area contributed by atoms with Crippen LogP contribution in [0.25, 0.3) is 11.3 Å². The minimum atomic E-state index is -0.00653. The van der Waals surface area contributed by atoms with Crippen molar-refractivity contribution in [3.8, 4) is 40.0 Å². The smallest absolute Gasteiger partial charge is 0.220 e. The maximum absolute atomic E-state index is 10.3. The topological polar surface area (TPSA) is 99.7 Å².